The summed E-state index contributed by atoms with van der Waals surface area (Å²) < 4.78 is 7.41. The lowest BCUT2D eigenvalue weighted by Crippen LogP contribution is -2.40. The molecular formula is C23H27N5O3. The molecule has 1 aliphatic heterocycles. The molecule has 4 heterocycles. The number of hydrogen-bond acceptors (Lipinski definition) is 5. The first-order chi connectivity index (χ1) is 15.0. The van der Waals surface area contributed by atoms with Gasteiger partial charge in [-0.15, -0.1) is 0 Å². The summed E-state index contributed by atoms with van der Waals surface area (Å²) in [6.45, 7) is 6.83. The van der Waals surface area contributed by atoms with E-state index in [1.165, 1.54) is 0 Å². The highest BCUT2D eigenvalue weighted by Gasteiger charge is 2.54. The maximum atomic E-state index is 12.9. The molecular weight excluding hydrogens is 394 g/mol. The van der Waals surface area contributed by atoms with Gasteiger partial charge in [-0.25, -0.2) is 0 Å². The fourth-order valence-corrected chi connectivity index (χ4v) is 4.85. The third-order valence-corrected chi connectivity index (χ3v) is 6.96. The van der Waals surface area contributed by atoms with Crippen LogP contribution >= 0.6 is 0 Å². The Hall–Kier alpha value is -3.16. The van der Waals surface area contributed by atoms with Crippen LogP contribution in [0.15, 0.2) is 35.1 Å². The number of furan rings is 1. The number of amides is 2. The first-order valence-corrected chi connectivity index (χ1v) is 10.9. The molecule has 8 nitrogen and oxygen atoms in total. The Morgan fingerprint density at radius 3 is 2.84 bits per heavy atom. The zero-order valence-corrected chi connectivity index (χ0v) is 17.9. The Bertz CT molecular complexity index is 1110. The van der Waals surface area contributed by atoms with Gasteiger partial charge in [-0.2, -0.15) is 5.10 Å². The van der Waals surface area contributed by atoms with Crippen LogP contribution in [0.5, 0.6) is 0 Å². The number of carbonyl (C=O) groups is 2. The molecule has 1 saturated heterocycles. The van der Waals surface area contributed by atoms with Gasteiger partial charge in [0.2, 0.25) is 0 Å². The van der Waals surface area contributed by atoms with Crippen LogP contribution < -0.4 is 5.32 Å². The molecule has 1 spiro atoms. The van der Waals surface area contributed by atoms with Crippen LogP contribution in [0.1, 0.15) is 52.8 Å². The van der Waals surface area contributed by atoms with Gasteiger partial charge in [0.25, 0.3) is 11.8 Å². The van der Waals surface area contributed by atoms with Crippen molar-refractivity contribution in [1.82, 2.24) is 25.0 Å². The first-order valence-electron chi connectivity index (χ1n) is 10.9. The summed E-state index contributed by atoms with van der Waals surface area (Å²) in [5.74, 6) is 0.677. The van der Waals surface area contributed by atoms with E-state index in [-0.39, 0.29) is 17.2 Å². The number of nitrogens with one attached hydrogen (secondary N) is 1. The zero-order valence-electron chi connectivity index (χ0n) is 17.9. The fraction of sp³-hybridized carbons (Fsp3) is 0.478. The van der Waals surface area contributed by atoms with Gasteiger partial charge < -0.3 is 14.6 Å². The maximum Gasteiger partial charge on any atom is 0.287 e. The molecule has 5 rings (SSSR count). The monoisotopic (exact) mass is 421 g/mol. The predicted molar refractivity (Wildman–Crippen MR) is 115 cm³/mol. The molecule has 2 fully saturated rings. The molecule has 2 amide bonds. The molecule has 1 saturated carbocycles. The average molecular weight is 422 g/mol. The number of likely N-dealkylation sites (tertiary alicyclic amines) is 1. The highest BCUT2D eigenvalue weighted by atomic mass is 16.3. The topological polar surface area (TPSA) is 93.3 Å². The van der Waals surface area contributed by atoms with Crippen molar-refractivity contribution in [2.24, 2.45) is 11.3 Å². The van der Waals surface area contributed by atoms with Gasteiger partial charge in [-0.1, -0.05) is 0 Å². The SMILES string of the molecule is CCn1cc(C(=O)N2CCC3(CC2)CC3CNC(=O)c2cc3ccncc3o2)c(C)n1. The second-order valence-electron chi connectivity index (χ2n) is 8.77. The molecule has 3 aromatic rings. The minimum atomic E-state index is -0.186. The first kappa shape index (κ1) is 19.8. The molecule has 2 aliphatic rings. The van der Waals surface area contributed by atoms with E-state index < -0.39 is 0 Å². The molecule has 0 aromatic carbocycles. The van der Waals surface area contributed by atoms with E-state index in [2.05, 4.69) is 15.4 Å². The predicted octanol–water partition coefficient (Wildman–Crippen LogP) is 3.02. The van der Waals surface area contributed by atoms with Crippen molar-refractivity contribution in [2.75, 3.05) is 19.6 Å². The normalized spacial score (nSPS) is 19.7. The minimum absolute atomic E-state index is 0.0805. The largest absolute Gasteiger partial charge is 0.449 e. The van der Waals surface area contributed by atoms with E-state index in [9.17, 15) is 9.59 Å². The van der Waals surface area contributed by atoms with Crippen LogP contribution in [0.2, 0.25) is 0 Å². The van der Waals surface area contributed by atoms with E-state index in [0.717, 1.165) is 50.0 Å². The van der Waals surface area contributed by atoms with Crippen LogP contribution in [-0.4, -0.2) is 51.1 Å². The van der Waals surface area contributed by atoms with Gasteiger partial charge in [-0.05, 0) is 56.6 Å². The highest BCUT2D eigenvalue weighted by Crippen LogP contribution is 2.59. The number of piperidine rings is 1. The maximum absolute atomic E-state index is 12.9. The summed E-state index contributed by atoms with van der Waals surface area (Å²) in [6, 6.07) is 3.58. The molecule has 0 radical (unpaired) electrons. The van der Waals surface area contributed by atoms with Gasteiger partial charge in [0.15, 0.2) is 11.3 Å². The zero-order chi connectivity index (χ0) is 21.6. The Balaban J connectivity index is 1.14. The average Bonchev–Trinajstić information content (AvgIpc) is 3.12. The lowest BCUT2D eigenvalue weighted by molar-refractivity contribution is 0.0668. The number of nitrogens with zero attached hydrogens (tertiary/aromatic N) is 4. The molecule has 1 N–H and O–H groups in total. The minimum Gasteiger partial charge on any atom is -0.449 e. The number of carbonyl (C=O) groups excluding carboxylic acids is 2. The van der Waals surface area contributed by atoms with E-state index >= 15 is 0 Å². The number of fused-ring (bicyclic) bond motifs is 1. The lowest BCUT2D eigenvalue weighted by Gasteiger charge is -2.33. The Kier molecular flexibility index (Phi) is 4.79. The van der Waals surface area contributed by atoms with Crippen molar-refractivity contribution in [1.29, 1.82) is 0 Å². The molecule has 31 heavy (non-hydrogen) atoms. The van der Waals surface area contributed by atoms with Crippen molar-refractivity contribution in [3.63, 3.8) is 0 Å². The Morgan fingerprint density at radius 1 is 1.32 bits per heavy atom. The van der Waals surface area contributed by atoms with Crippen LogP contribution in [0.25, 0.3) is 11.0 Å². The fourth-order valence-electron chi connectivity index (χ4n) is 4.85. The second kappa shape index (κ2) is 7.51. The second-order valence-corrected chi connectivity index (χ2v) is 8.77. The molecule has 162 valence electrons. The summed E-state index contributed by atoms with van der Waals surface area (Å²) in [7, 11) is 0. The van der Waals surface area contributed by atoms with E-state index in [1.54, 1.807) is 18.5 Å². The Labute approximate surface area is 180 Å². The van der Waals surface area contributed by atoms with E-state index in [4.69, 9.17) is 4.42 Å². The standard InChI is InChI=1S/C23H27N5O3/c1-3-28-14-18(15(2)26-28)22(30)27-8-5-23(6-9-27)11-17(23)12-25-21(29)19-10-16-4-7-24-13-20(16)31-19/h4,7,10,13-14,17H,3,5-6,8-9,11-12H2,1-2H3,(H,25,29). The van der Waals surface area contributed by atoms with Gasteiger partial charge in [0, 0.05) is 44.0 Å². The molecule has 0 bridgehead atoms. The van der Waals surface area contributed by atoms with Gasteiger partial charge in [0.05, 0.1) is 17.5 Å². The highest BCUT2D eigenvalue weighted by molar-refractivity contribution is 5.96. The summed E-state index contributed by atoms with van der Waals surface area (Å²) in [6.07, 6.45) is 8.22. The lowest BCUT2D eigenvalue weighted by atomic mass is 9.90. The van der Waals surface area contributed by atoms with E-state index in [1.807, 2.05) is 35.7 Å². The number of rotatable bonds is 5. The number of hydrogen-bond donors (Lipinski definition) is 1. The number of pyridine rings is 1. The summed E-state index contributed by atoms with van der Waals surface area (Å²) in [4.78, 5) is 31.4. The van der Waals surface area contributed by atoms with Crippen molar-refractivity contribution in [3.8, 4) is 0 Å². The van der Waals surface area contributed by atoms with Crippen LogP contribution in [0, 0.1) is 18.3 Å². The molecule has 1 unspecified atom stereocenters. The summed E-state index contributed by atoms with van der Waals surface area (Å²) >= 11 is 0. The van der Waals surface area contributed by atoms with Crippen LogP contribution in [0.3, 0.4) is 0 Å². The quantitative estimate of drug-likeness (QED) is 0.684. The van der Waals surface area contributed by atoms with Gasteiger partial charge in [0.1, 0.15) is 0 Å². The molecule has 1 aliphatic carbocycles. The summed E-state index contributed by atoms with van der Waals surface area (Å²) in [5.41, 5.74) is 2.37. The van der Waals surface area contributed by atoms with Crippen molar-refractivity contribution < 1.29 is 14.0 Å². The van der Waals surface area contributed by atoms with Gasteiger partial charge in [-0.3, -0.25) is 19.3 Å². The molecule has 1 atom stereocenters. The van der Waals surface area contributed by atoms with Crippen molar-refractivity contribution in [2.45, 2.75) is 39.7 Å². The van der Waals surface area contributed by atoms with E-state index in [0.29, 0.717) is 29.4 Å². The Morgan fingerprint density at radius 2 is 2.13 bits per heavy atom. The number of aryl methyl sites for hydroxylation is 2. The van der Waals surface area contributed by atoms with Crippen molar-refractivity contribution in [3.05, 3.63) is 47.7 Å². The summed E-state index contributed by atoms with van der Waals surface area (Å²) in [5, 5.41) is 8.30. The van der Waals surface area contributed by atoms with Crippen LogP contribution in [-0.2, 0) is 6.54 Å². The smallest absolute Gasteiger partial charge is 0.287 e. The van der Waals surface area contributed by atoms with Crippen molar-refractivity contribution >= 4 is 22.8 Å². The molecule has 3 aromatic heterocycles. The third-order valence-electron chi connectivity index (χ3n) is 6.96. The number of aromatic nitrogens is 3. The molecule has 8 heteroatoms. The van der Waals surface area contributed by atoms with Gasteiger partial charge >= 0.3 is 0 Å². The van der Waals surface area contributed by atoms with Crippen LogP contribution in [0.4, 0.5) is 0 Å². The third kappa shape index (κ3) is 3.60.